The second-order valence-electron chi connectivity index (χ2n) is 6.21. The number of hydrogen-bond acceptors (Lipinski definition) is 6. The standard InChI is InChI=1S/C17H23N5O3/c1-12-6-7-14(22-11-18-20-21-22)9-16(12)19-17(23)13(2)25-10-15-5-3-4-8-24-15/h6-7,9,11,13,15H,3-5,8,10H2,1-2H3,(H,19,23). The van der Waals surface area contributed by atoms with Gasteiger partial charge in [0.1, 0.15) is 12.4 Å². The summed E-state index contributed by atoms with van der Waals surface area (Å²) in [4.78, 5) is 12.4. The van der Waals surface area contributed by atoms with Crippen molar-refractivity contribution >= 4 is 11.6 Å². The Kier molecular flexibility index (Phi) is 5.72. The number of aromatic nitrogens is 4. The maximum absolute atomic E-state index is 12.4. The van der Waals surface area contributed by atoms with Gasteiger partial charge in [0, 0.05) is 12.3 Å². The number of aryl methyl sites for hydroxylation is 1. The van der Waals surface area contributed by atoms with E-state index >= 15 is 0 Å². The molecule has 1 aromatic carbocycles. The largest absolute Gasteiger partial charge is 0.376 e. The fourth-order valence-electron chi connectivity index (χ4n) is 2.67. The van der Waals surface area contributed by atoms with Crippen LogP contribution in [-0.4, -0.2) is 51.5 Å². The number of benzene rings is 1. The molecule has 0 radical (unpaired) electrons. The van der Waals surface area contributed by atoms with Crippen molar-refractivity contribution in [1.29, 1.82) is 0 Å². The summed E-state index contributed by atoms with van der Waals surface area (Å²) < 4.78 is 12.8. The third-order valence-electron chi connectivity index (χ3n) is 4.27. The molecule has 2 aromatic rings. The lowest BCUT2D eigenvalue weighted by atomic mass is 10.1. The summed E-state index contributed by atoms with van der Waals surface area (Å²) in [6.07, 6.45) is 4.28. The number of nitrogens with one attached hydrogen (secondary N) is 1. The number of hydrogen-bond donors (Lipinski definition) is 1. The van der Waals surface area contributed by atoms with Crippen LogP contribution in [-0.2, 0) is 14.3 Å². The van der Waals surface area contributed by atoms with Crippen LogP contribution < -0.4 is 5.32 Å². The van der Waals surface area contributed by atoms with Gasteiger partial charge < -0.3 is 14.8 Å². The third kappa shape index (κ3) is 4.61. The Bertz CT molecular complexity index is 698. The van der Waals surface area contributed by atoms with Crippen molar-refractivity contribution in [3.63, 3.8) is 0 Å². The molecule has 1 N–H and O–H groups in total. The van der Waals surface area contributed by atoms with Gasteiger partial charge in [-0.25, -0.2) is 4.68 Å². The molecule has 2 unspecified atom stereocenters. The number of tetrazole rings is 1. The van der Waals surface area contributed by atoms with E-state index < -0.39 is 6.10 Å². The minimum Gasteiger partial charge on any atom is -0.376 e. The minimum atomic E-state index is -0.554. The second kappa shape index (κ2) is 8.17. The molecule has 1 saturated heterocycles. The van der Waals surface area contributed by atoms with Gasteiger partial charge in [0.25, 0.3) is 5.91 Å². The van der Waals surface area contributed by atoms with Crippen LogP contribution in [0.15, 0.2) is 24.5 Å². The van der Waals surface area contributed by atoms with E-state index in [0.717, 1.165) is 37.1 Å². The lowest BCUT2D eigenvalue weighted by Gasteiger charge is -2.24. The molecule has 1 aromatic heterocycles. The average molecular weight is 345 g/mol. The fraction of sp³-hybridized carbons (Fsp3) is 0.529. The number of carbonyl (C=O) groups is 1. The van der Waals surface area contributed by atoms with Crippen LogP contribution in [0.4, 0.5) is 5.69 Å². The van der Waals surface area contributed by atoms with Crippen LogP contribution in [0, 0.1) is 6.92 Å². The summed E-state index contributed by atoms with van der Waals surface area (Å²) in [6.45, 7) is 4.90. The molecule has 2 atom stereocenters. The zero-order valence-electron chi connectivity index (χ0n) is 14.5. The van der Waals surface area contributed by atoms with Gasteiger partial charge in [0.15, 0.2) is 0 Å². The van der Waals surface area contributed by atoms with E-state index in [1.54, 1.807) is 6.92 Å². The van der Waals surface area contributed by atoms with Crippen molar-refractivity contribution in [3.05, 3.63) is 30.1 Å². The van der Waals surface area contributed by atoms with Crippen molar-refractivity contribution in [1.82, 2.24) is 20.2 Å². The Balaban J connectivity index is 1.58. The summed E-state index contributed by atoms with van der Waals surface area (Å²) >= 11 is 0. The van der Waals surface area contributed by atoms with E-state index in [0.29, 0.717) is 12.3 Å². The van der Waals surface area contributed by atoms with Crippen LogP contribution in [0.3, 0.4) is 0 Å². The van der Waals surface area contributed by atoms with Crippen LogP contribution in [0.25, 0.3) is 5.69 Å². The van der Waals surface area contributed by atoms with E-state index in [4.69, 9.17) is 9.47 Å². The Morgan fingerprint density at radius 1 is 1.48 bits per heavy atom. The average Bonchev–Trinajstić information content (AvgIpc) is 3.17. The third-order valence-corrected chi connectivity index (χ3v) is 4.27. The second-order valence-corrected chi connectivity index (χ2v) is 6.21. The van der Waals surface area contributed by atoms with E-state index in [-0.39, 0.29) is 12.0 Å². The highest BCUT2D eigenvalue weighted by atomic mass is 16.5. The Hall–Kier alpha value is -2.32. The molecule has 1 aliphatic heterocycles. The highest BCUT2D eigenvalue weighted by Gasteiger charge is 2.19. The summed E-state index contributed by atoms with van der Waals surface area (Å²) in [5.74, 6) is -0.187. The number of anilines is 1. The SMILES string of the molecule is Cc1ccc(-n2cnnn2)cc1NC(=O)C(C)OCC1CCCCO1. The van der Waals surface area contributed by atoms with Gasteiger partial charge in [0.2, 0.25) is 0 Å². The number of nitrogens with zero attached hydrogens (tertiary/aromatic N) is 4. The van der Waals surface area contributed by atoms with Crippen LogP contribution >= 0.6 is 0 Å². The topological polar surface area (TPSA) is 91.2 Å². The molecule has 1 amide bonds. The zero-order valence-corrected chi connectivity index (χ0v) is 14.5. The van der Waals surface area contributed by atoms with Crippen molar-refractivity contribution in [2.24, 2.45) is 0 Å². The molecule has 0 bridgehead atoms. The number of carbonyl (C=O) groups excluding carboxylic acids is 1. The summed E-state index contributed by atoms with van der Waals surface area (Å²) in [7, 11) is 0. The van der Waals surface area contributed by atoms with Gasteiger partial charge in [-0.1, -0.05) is 6.07 Å². The van der Waals surface area contributed by atoms with Crippen LogP contribution in [0.1, 0.15) is 31.7 Å². The first-order valence-corrected chi connectivity index (χ1v) is 8.51. The van der Waals surface area contributed by atoms with Crippen LogP contribution in [0.2, 0.25) is 0 Å². The van der Waals surface area contributed by atoms with Gasteiger partial charge in [-0.15, -0.1) is 5.10 Å². The van der Waals surface area contributed by atoms with Crippen molar-refractivity contribution in [2.75, 3.05) is 18.5 Å². The quantitative estimate of drug-likeness (QED) is 0.859. The molecule has 3 rings (SSSR count). The molecule has 8 nitrogen and oxygen atoms in total. The summed E-state index contributed by atoms with van der Waals surface area (Å²) in [6, 6.07) is 5.64. The molecular weight excluding hydrogens is 322 g/mol. The monoisotopic (exact) mass is 345 g/mol. The Morgan fingerprint density at radius 2 is 2.36 bits per heavy atom. The van der Waals surface area contributed by atoms with Gasteiger partial charge in [-0.3, -0.25) is 4.79 Å². The zero-order chi connectivity index (χ0) is 17.6. The lowest BCUT2D eigenvalue weighted by Crippen LogP contribution is -2.32. The first-order valence-electron chi connectivity index (χ1n) is 8.51. The molecule has 8 heteroatoms. The maximum atomic E-state index is 12.4. The van der Waals surface area contributed by atoms with Gasteiger partial charge >= 0.3 is 0 Å². The van der Waals surface area contributed by atoms with E-state index in [9.17, 15) is 4.79 Å². The number of ether oxygens (including phenoxy) is 2. The molecule has 2 heterocycles. The molecule has 1 fully saturated rings. The molecule has 1 aliphatic rings. The minimum absolute atomic E-state index is 0.0916. The van der Waals surface area contributed by atoms with Crippen molar-refractivity contribution in [2.45, 2.75) is 45.3 Å². The predicted molar refractivity (Wildman–Crippen MR) is 91.5 cm³/mol. The first kappa shape index (κ1) is 17.5. The highest BCUT2D eigenvalue weighted by molar-refractivity contribution is 5.94. The van der Waals surface area contributed by atoms with Gasteiger partial charge in [0.05, 0.1) is 18.4 Å². The maximum Gasteiger partial charge on any atom is 0.253 e. The van der Waals surface area contributed by atoms with E-state index in [1.807, 2.05) is 25.1 Å². The Morgan fingerprint density at radius 3 is 3.08 bits per heavy atom. The van der Waals surface area contributed by atoms with Gasteiger partial charge in [-0.05, 0) is 61.2 Å². The molecule has 134 valence electrons. The molecule has 25 heavy (non-hydrogen) atoms. The number of rotatable bonds is 6. The normalized spacial score (nSPS) is 18.7. The molecule has 0 saturated carbocycles. The summed E-state index contributed by atoms with van der Waals surface area (Å²) in [5.41, 5.74) is 2.44. The smallest absolute Gasteiger partial charge is 0.253 e. The Labute approximate surface area is 146 Å². The highest BCUT2D eigenvalue weighted by Crippen LogP contribution is 2.20. The lowest BCUT2D eigenvalue weighted by molar-refractivity contribution is -0.130. The van der Waals surface area contributed by atoms with E-state index in [2.05, 4.69) is 20.8 Å². The van der Waals surface area contributed by atoms with Gasteiger partial charge in [-0.2, -0.15) is 0 Å². The van der Waals surface area contributed by atoms with E-state index in [1.165, 1.54) is 11.0 Å². The molecule has 0 spiro atoms. The molecule has 0 aliphatic carbocycles. The first-order chi connectivity index (χ1) is 12.1. The predicted octanol–water partition coefficient (Wildman–Crippen LogP) is 1.88. The summed E-state index contributed by atoms with van der Waals surface area (Å²) in [5, 5.41) is 14.0. The van der Waals surface area contributed by atoms with Crippen LogP contribution in [0.5, 0.6) is 0 Å². The molecular formula is C17H23N5O3. The number of amides is 1. The van der Waals surface area contributed by atoms with Crippen molar-refractivity contribution < 1.29 is 14.3 Å². The fourth-order valence-corrected chi connectivity index (χ4v) is 2.67. The van der Waals surface area contributed by atoms with Crippen molar-refractivity contribution in [3.8, 4) is 5.69 Å².